The predicted molar refractivity (Wildman–Crippen MR) is 81.7 cm³/mol. The minimum atomic E-state index is -4.83. The van der Waals surface area contributed by atoms with E-state index in [2.05, 4.69) is 0 Å². The number of alkyl halides is 3. The van der Waals surface area contributed by atoms with Crippen LogP contribution in [0.5, 0.6) is 0 Å². The second kappa shape index (κ2) is 5.01. The van der Waals surface area contributed by atoms with Crippen LogP contribution in [0, 0.1) is 5.41 Å². The van der Waals surface area contributed by atoms with Gasteiger partial charge in [0.1, 0.15) is 0 Å². The summed E-state index contributed by atoms with van der Waals surface area (Å²) >= 11 is 0. The van der Waals surface area contributed by atoms with Crippen LogP contribution in [0.4, 0.5) is 13.2 Å². The highest BCUT2D eigenvalue weighted by molar-refractivity contribution is 8.36. The van der Waals surface area contributed by atoms with Crippen molar-refractivity contribution in [2.75, 3.05) is 6.26 Å². The van der Waals surface area contributed by atoms with E-state index in [9.17, 15) is 21.6 Å². The predicted octanol–water partition coefficient (Wildman–Crippen LogP) is 4.66. The number of hydrogen-bond donors (Lipinski definition) is 0. The summed E-state index contributed by atoms with van der Waals surface area (Å²) in [5, 5.41) is 0. The number of hydrogen-bond acceptors (Lipinski definition) is 3. The van der Waals surface area contributed by atoms with Crippen LogP contribution in [0.15, 0.2) is 34.1 Å². The van der Waals surface area contributed by atoms with E-state index in [1.807, 2.05) is 0 Å². The summed E-state index contributed by atoms with van der Waals surface area (Å²) in [6.07, 6.45) is 2.05. The molecule has 3 nitrogen and oxygen atoms in total. The second-order valence-electron chi connectivity index (χ2n) is 6.07. The fourth-order valence-corrected chi connectivity index (χ4v) is 7.40. The van der Waals surface area contributed by atoms with Crippen molar-refractivity contribution in [3.8, 4) is 0 Å². The van der Waals surface area contributed by atoms with Gasteiger partial charge in [0.2, 0.25) is 0 Å². The summed E-state index contributed by atoms with van der Waals surface area (Å²) in [7, 11) is -8.43. The summed E-state index contributed by atoms with van der Waals surface area (Å²) in [5.41, 5.74) is -5.38. The zero-order chi connectivity index (χ0) is 17.0. The molecule has 0 amide bonds. The molecule has 0 saturated carbocycles. The first-order valence-electron chi connectivity index (χ1n) is 6.41. The van der Waals surface area contributed by atoms with Crippen molar-refractivity contribution in [2.45, 2.75) is 31.2 Å². The largest absolute Gasteiger partial charge is 0.456 e. The average molecular weight is 354 g/mol. The molecule has 2 rings (SSSR count). The lowest BCUT2D eigenvalue weighted by molar-refractivity contribution is -0.0432. The second-order valence-corrected chi connectivity index (χ2v) is 10.5. The Kier molecular flexibility index (Phi) is 3.95. The maximum atomic E-state index is 14.0. The fraction of sp³-hybridized carbons (Fsp3) is 0.429. The van der Waals surface area contributed by atoms with Gasteiger partial charge in [0.25, 0.3) is 10.1 Å². The Morgan fingerprint density at radius 1 is 1.09 bits per heavy atom. The van der Waals surface area contributed by atoms with Gasteiger partial charge in [0.15, 0.2) is 0 Å². The molecule has 124 valence electrons. The minimum Gasteiger partial charge on any atom is -0.203 e. The molecule has 0 radical (unpaired) electrons. The Bertz CT molecular complexity index is 730. The third-order valence-corrected chi connectivity index (χ3v) is 7.91. The van der Waals surface area contributed by atoms with Crippen LogP contribution >= 0.6 is 10.3 Å². The highest BCUT2D eigenvalue weighted by atomic mass is 32.3. The summed E-state index contributed by atoms with van der Waals surface area (Å²) in [6.45, 7) is 4.84. The number of halogens is 3. The maximum absolute atomic E-state index is 14.0. The standard InChI is InChI=1S/C14H17F3O3S2/c1-13(2,3)12-9-10-7-5-6-8-11(10)22(12,14(15,16)17)20-21(4,18)19/h5-9H,1-4H3. The molecule has 0 spiro atoms. The third-order valence-electron chi connectivity index (χ3n) is 3.12. The SMILES string of the molecule is CC(C)(C)C1=Cc2ccccc2S1(OS(C)(=O)=O)C(F)(F)F. The van der Waals surface area contributed by atoms with Crippen molar-refractivity contribution in [1.82, 2.24) is 0 Å². The molecule has 0 aromatic heterocycles. The maximum Gasteiger partial charge on any atom is 0.456 e. The Morgan fingerprint density at radius 3 is 2.09 bits per heavy atom. The smallest absolute Gasteiger partial charge is 0.203 e. The first kappa shape index (κ1) is 17.4. The van der Waals surface area contributed by atoms with Crippen LogP contribution in [0.25, 0.3) is 6.08 Å². The minimum absolute atomic E-state index is 0.0425. The number of rotatable bonds is 2. The summed E-state index contributed by atoms with van der Waals surface area (Å²) in [4.78, 5) is -0.156. The number of fused-ring (bicyclic) bond motifs is 1. The first-order valence-corrected chi connectivity index (χ1v) is 9.78. The Morgan fingerprint density at radius 2 is 1.64 bits per heavy atom. The molecule has 0 saturated heterocycles. The molecule has 8 heteroatoms. The molecule has 1 unspecified atom stereocenters. The van der Waals surface area contributed by atoms with Gasteiger partial charge >= 0.3 is 5.51 Å². The van der Waals surface area contributed by atoms with E-state index in [0.29, 0.717) is 11.8 Å². The molecule has 1 aliphatic heterocycles. The lowest BCUT2D eigenvalue weighted by atomic mass is 9.95. The van der Waals surface area contributed by atoms with Crippen molar-refractivity contribution < 1.29 is 25.2 Å². The topological polar surface area (TPSA) is 43.4 Å². The van der Waals surface area contributed by atoms with E-state index in [1.165, 1.54) is 24.3 Å². The zero-order valence-electron chi connectivity index (χ0n) is 12.6. The van der Waals surface area contributed by atoms with Gasteiger partial charge in [-0.05, 0) is 23.1 Å². The Balaban J connectivity index is 2.86. The van der Waals surface area contributed by atoms with E-state index in [4.69, 9.17) is 3.63 Å². The van der Waals surface area contributed by atoms with Crippen molar-refractivity contribution in [1.29, 1.82) is 0 Å². The molecular formula is C14H17F3O3S2. The summed E-state index contributed by atoms with van der Waals surface area (Å²) in [5.74, 6) is 0. The molecule has 0 bridgehead atoms. The van der Waals surface area contributed by atoms with Gasteiger partial charge in [0.05, 0.1) is 6.26 Å². The van der Waals surface area contributed by atoms with Gasteiger partial charge in [0, 0.05) is 20.1 Å². The van der Waals surface area contributed by atoms with Crippen molar-refractivity contribution in [3.63, 3.8) is 0 Å². The molecule has 0 aliphatic carbocycles. The van der Waals surface area contributed by atoms with E-state index < -0.39 is 31.4 Å². The molecule has 1 aliphatic rings. The van der Waals surface area contributed by atoms with Gasteiger partial charge in [-0.2, -0.15) is 21.6 Å². The summed E-state index contributed by atoms with van der Waals surface area (Å²) in [6, 6.07) is 5.89. The monoisotopic (exact) mass is 354 g/mol. The van der Waals surface area contributed by atoms with Crippen molar-refractivity contribution >= 4 is 26.5 Å². The quantitative estimate of drug-likeness (QED) is 0.776. The molecule has 0 N–H and O–H groups in total. The Hall–Kier alpha value is -0.990. The van der Waals surface area contributed by atoms with Gasteiger partial charge < -0.3 is 0 Å². The molecular weight excluding hydrogens is 337 g/mol. The number of benzene rings is 1. The van der Waals surface area contributed by atoms with Gasteiger partial charge in [-0.25, -0.2) is 3.63 Å². The van der Waals surface area contributed by atoms with Crippen LogP contribution in [-0.4, -0.2) is 20.2 Å². The van der Waals surface area contributed by atoms with Crippen molar-refractivity contribution in [3.05, 3.63) is 34.7 Å². The van der Waals surface area contributed by atoms with Crippen LogP contribution in [0.2, 0.25) is 0 Å². The molecule has 1 heterocycles. The van der Waals surface area contributed by atoms with Crippen molar-refractivity contribution in [2.24, 2.45) is 5.41 Å². The first-order chi connectivity index (χ1) is 9.79. The molecule has 22 heavy (non-hydrogen) atoms. The van der Waals surface area contributed by atoms with Crippen LogP contribution in [-0.2, 0) is 13.7 Å². The fourth-order valence-electron chi connectivity index (χ4n) is 2.40. The van der Waals surface area contributed by atoms with E-state index >= 15 is 0 Å². The molecule has 1 atom stereocenters. The normalized spacial score (nSPS) is 25.3. The lowest BCUT2D eigenvalue weighted by Crippen LogP contribution is -2.29. The third kappa shape index (κ3) is 2.79. The van der Waals surface area contributed by atoms with Crippen LogP contribution in [0.3, 0.4) is 0 Å². The highest BCUT2D eigenvalue weighted by Gasteiger charge is 2.62. The summed E-state index contributed by atoms with van der Waals surface area (Å²) < 4.78 is 70.0. The lowest BCUT2D eigenvalue weighted by Gasteiger charge is -2.43. The zero-order valence-corrected chi connectivity index (χ0v) is 14.2. The molecule has 1 aromatic carbocycles. The van der Waals surface area contributed by atoms with E-state index in [1.54, 1.807) is 26.8 Å². The Labute approximate surface area is 129 Å². The molecule has 0 fully saturated rings. The number of allylic oxidation sites excluding steroid dienone is 1. The highest BCUT2D eigenvalue weighted by Crippen LogP contribution is 2.80. The van der Waals surface area contributed by atoms with Gasteiger partial charge in [-0.1, -0.05) is 39.0 Å². The van der Waals surface area contributed by atoms with Gasteiger partial charge in [-0.15, -0.1) is 0 Å². The van der Waals surface area contributed by atoms with Gasteiger partial charge in [-0.3, -0.25) is 0 Å². The van der Waals surface area contributed by atoms with Crippen LogP contribution in [0.1, 0.15) is 26.3 Å². The molecule has 1 aromatic rings. The average Bonchev–Trinajstić information content (AvgIpc) is 2.62. The van der Waals surface area contributed by atoms with E-state index in [-0.39, 0.29) is 9.80 Å². The van der Waals surface area contributed by atoms with E-state index in [0.717, 1.165) is 0 Å². The van der Waals surface area contributed by atoms with Crippen LogP contribution < -0.4 is 0 Å².